The minimum Gasteiger partial charge on any atom is -0.493 e. The first kappa shape index (κ1) is 13.4. The zero-order valence-electron chi connectivity index (χ0n) is 12.0. The van der Waals surface area contributed by atoms with Crippen LogP contribution in [-0.2, 0) is 6.42 Å². The summed E-state index contributed by atoms with van der Waals surface area (Å²) in [5.74, 6) is 1.08. The quantitative estimate of drug-likeness (QED) is 0.879. The Morgan fingerprint density at radius 2 is 2.11 bits per heavy atom. The Kier molecular flexibility index (Phi) is 3.96. The zero-order chi connectivity index (χ0) is 13.2. The molecule has 0 bridgehead atoms. The molecule has 1 atom stereocenters. The molecule has 0 amide bonds. The van der Waals surface area contributed by atoms with Gasteiger partial charge in [-0.1, -0.05) is 39.8 Å². The number of hydrogen-bond donors (Lipinski definition) is 1. The Balaban J connectivity index is 2.30. The van der Waals surface area contributed by atoms with E-state index in [1.165, 1.54) is 11.1 Å². The van der Waals surface area contributed by atoms with Gasteiger partial charge in [0.25, 0.3) is 0 Å². The lowest BCUT2D eigenvalue weighted by molar-refractivity contribution is 0.272. The second-order valence-corrected chi connectivity index (χ2v) is 6.18. The van der Waals surface area contributed by atoms with E-state index in [9.17, 15) is 0 Å². The molecule has 1 unspecified atom stereocenters. The molecule has 0 saturated carbocycles. The van der Waals surface area contributed by atoms with Gasteiger partial charge in [-0.2, -0.15) is 0 Å². The fraction of sp³-hybridized carbons (Fsp3) is 0.625. The van der Waals surface area contributed by atoms with Gasteiger partial charge in [-0.25, -0.2) is 0 Å². The van der Waals surface area contributed by atoms with Gasteiger partial charge in [0.05, 0.1) is 6.61 Å². The highest BCUT2D eigenvalue weighted by Crippen LogP contribution is 2.35. The number of hydrogen-bond acceptors (Lipinski definition) is 2. The molecule has 0 fully saturated rings. The molecule has 1 aromatic rings. The van der Waals surface area contributed by atoms with Crippen molar-refractivity contribution in [3.05, 3.63) is 29.3 Å². The normalized spacial score (nSPS) is 16.9. The van der Waals surface area contributed by atoms with E-state index >= 15 is 0 Å². The van der Waals surface area contributed by atoms with E-state index in [-0.39, 0.29) is 5.41 Å². The van der Waals surface area contributed by atoms with Gasteiger partial charge in [0.15, 0.2) is 0 Å². The van der Waals surface area contributed by atoms with Crippen LogP contribution in [0.5, 0.6) is 5.75 Å². The van der Waals surface area contributed by atoms with Crippen LogP contribution in [0.2, 0.25) is 0 Å². The monoisotopic (exact) mass is 247 g/mol. The van der Waals surface area contributed by atoms with Crippen molar-refractivity contribution < 1.29 is 4.74 Å². The predicted octanol–water partition coefficient (Wildman–Crippen LogP) is 3.71. The summed E-state index contributed by atoms with van der Waals surface area (Å²) >= 11 is 0. The first-order valence-electron chi connectivity index (χ1n) is 7.01. The minimum absolute atomic E-state index is 0.222. The smallest absolute Gasteiger partial charge is 0.122 e. The van der Waals surface area contributed by atoms with Crippen LogP contribution in [0.25, 0.3) is 0 Å². The SMILES string of the molecule is CCNC(c1ccc2c(c1)CCCO2)C(C)(C)C. The van der Waals surface area contributed by atoms with Gasteiger partial charge >= 0.3 is 0 Å². The molecular formula is C16H25NO. The highest BCUT2D eigenvalue weighted by molar-refractivity contribution is 5.40. The van der Waals surface area contributed by atoms with Crippen LogP contribution in [0.15, 0.2) is 18.2 Å². The largest absolute Gasteiger partial charge is 0.493 e. The van der Waals surface area contributed by atoms with E-state index in [1.807, 2.05) is 0 Å². The lowest BCUT2D eigenvalue weighted by Crippen LogP contribution is -2.32. The van der Waals surface area contributed by atoms with Gasteiger partial charge < -0.3 is 10.1 Å². The lowest BCUT2D eigenvalue weighted by Gasteiger charge is -2.32. The Morgan fingerprint density at radius 3 is 2.78 bits per heavy atom. The molecule has 18 heavy (non-hydrogen) atoms. The molecule has 1 heterocycles. The van der Waals surface area contributed by atoms with Gasteiger partial charge in [0.2, 0.25) is 0 Å². The van der Waals surface area contributed by atoms with Crippen molar-refractivity contribution in [2.24, 2.45) is 5.41 Å². The average Bonchev–Trinajstić information content (AvgIpc) is 2.34. The maximum atomic E-state index is 5.68. The van der Waals surface area contributed by atoms with E-state index in [0.717, 1.165) is 31.7 Å². The van der Waals surface area contributed by atoms with Crippen LogP contribution in [0.3, 0.4) is 0 Å². The van der Waals surface area contributed by atoms with Crippen LogP contribution < -0.4 is 10.1 Å². The summed E-state index contributed by atoms with van der Waals surface area (Å²) in [5, 5.41) is 3.60. The van der Waals surface area contributed by atoms with E-state index in [0.29, 0.717) is 6.04 Å². The summed E-state index contributed by atoms with van der Waals surface area (Å²) in [6, 6.07) is 7.07. The second kappa shape index (κ2) is 5.31. The molecule has 2 heteroatoms. The zero-order valence-corrected chi connectivity index (χ0v) is 12.0. The number of rotatable bonds is 3. The number of nitrogens with one attached hydrogen (secondary N) is 1. The first-order chi connectivity index (χ1) is 8.52. The van der Waals surface area contributed by atoms with Crippen molar-refractivity contribution in [3.63, 3.8) is 0 Å². The molecule has 0 saturated heterocycles. The fourth-order valence-electron chi connectivity index (χ4n) is 2.69. The third kappa shape index (κ3) is 2.86. The Bertz CT molecular complexity index is 406. The van der Waals surface area contributed by atoms with Gasteiger partial charge in [-0.05, 0) is 42.0 Å². The summed E-state index contributed by atoms with van der Waals surface area (Å²) in [7, 11) is 0. The Morgan fingerprint density at radius 1 is 1.33 bits per heavy atom. The predicted molar refractivity (Wildman–Crippen MR) is 76.1 cm³/mol. The van der Waals surface area contributed by atoms with E-state index in [4.69, 9.17) is 4.74 Å². The molecule has 2 nitrogen and oxygen atoms in total. The van der Waals surface area contributed by atoms with E-state index < -0.39 is 0 Å². The van der Waals surface area contributed by atoms with Crippen molar-refractivity contribution in [1.82, 2.24) is 5.32 Å². The maximum absolute atomic E-state index is 5.68. The third-order valence-electron chi connectivity index (χ3n) is 3.54. The summed E-state index contributed by atoms with van der Waals surface area (Å²) < 4.78 is 5.68. The molecular weight excluding hydrogens is 222 g/mol. The molecule has 0 radical (unpaired) electrons. The van der Waals surface area contributed by atoms with Crippen LogP contribution in [-0.4, -0.2) is 13.2 Å². The van der Waals surface area contributed by atoms with Crippen molar-refractivity contribution in [2.75, 3.05) is 13.2 Å². The van der Waals surface area contributed by atoms with Crippen LogP contribution in [0.1, 0.15) is 51.3 Å². The summed E-state index contributed by atoms with van der Waals surface area (Å²) in [5.41, 5.74) is 2.97. The minimum atomic E-state index is 0.222. The maximum Gasteiger partial charge on any atom is 0.122 e. The van der Waals surface area contributed by atoms with Crippen molar-refractivity contribution in [1.29, 1.82) is 0 Å². The first-order valence-corrected chi connectivity index (χ1v) is 7.01. The van der Waals surface area contributed by atoms with Crippen molar-refractivity contribution in [2.45, 2.75) is 46.6 Å². The van der Waals surface area contributed by atoms with Gasteiger partial charge in [-0.15, -0.1) is 0 Å². The molecule has 0 aliphatic carbocycles. The lowest BCUT2D eigenvalue weighted by atomic mass is 9.81. The van der Waals surface area contributed by atoms with Crippen LogP contribution >= 0.6 is 0 Å². The Labute approximate surface area is 111 Å². The Hall–Kier alpha value is -1.02. The average molecular weight is 247 g/mol. The topological polar surface area (TPSA) is 21.3 Å². The number of ether oxygens (including phenoxy) is 1. The van der Waals surface area contributed by atoms with Crippen molar-refractivity contribution >= 4 is 0 Å². The van der Waals surface area contributed by atoms with Crippen molar-refractivity contribution in [3.8, 4) is 5.75 Å². The molecule has 1 aliphatic rings. The molecule has 1 N–H and O–H groups in total. The van der Waals surface area contributed by atoms with Gasteiger partial charge in [-0.3, -0.25) is 0 Å². The molecule has 0 aromatic heterocycles. The molecule has 2 rings (SSSR count). The highest BCUT2D eigenvalue weighted by Gasteiger charge is 2.26. The van der Waals surface area contributed by atoms with Crippen LogP contribution in [0, 0.1) is 5.41 Å². The van der Waals surface area contributed by atoms with Crippen LogP contribution in [0.4, 0.5) is 0 Å². The van der Waals surface area contributed by atoms with Gasteiger partial charge in [0, 0.05) is 6.04 Å². The fourth-order valence-corrected chi connectivity index (χ4v) is 2.69. The molecule has 1 aromatic carbocycles. The summed E-state index contributed by atoms with van der Waals surface area (Å²) in [4.78, 5) is 0. The number of aryl methyl sites for hydroxylation is 1. The van der Waals surface area contributed by atoms with E-state index in [1.54, 1.807) is 0 Å². The third-order valence-corrected chi connectivity index (χ3v) is 3.54. The second-order valence-electron chi connectivity index (χ2n) is 6.18. The molecule has 1 aliphatic heterocycles. The summed E-state index contributed by atoms with van der Waals surface area (Å²) in [6.45, 7) is 10.9. The molecule has 100 valence electrons. The van der Waals surface area contributed by atoms with E-state index in [2.05, 4.69) is 51.2 Å². The summed E-state index contributed by atoms with van der Waals surface area (Å²) in [6.07, 6.45) is 2.28. The number of benzene rings is 1. The van der Waals surface area contributed by atoms with Gasteiger partial charge in [0.1, 0.15) is 5.75 Å². The highest BCUT2D eigenvalue weighted by atomic mass is 16.5. The molecule has 0 spiro atoms. The standard InChI is InChI=1S/C16H25NO/c1-5-17-15(16(2,3)4)13-8-9-14-12(11-13)7-6-10-18-14/h8-9,11,15,17H,5-7,10H2,1-4H3. The number of fused-ring (bicyclic) bond motifs is 1.